The Morgan fingerprint density at radius 1 is 0.854 bits per heavy atom. The summed E-state index contributed by atoms with van der Waals surface area (Å²) in [5.41, 5.74) is 1.73. The summed E-state index contributed by atoms with van der Waals surface area (Å²) in [5, 5.41) is 4.90. The Kier molecular flexibility index (Phi) is 7.37. The molecule has 208 valence electrons. The Balaban J connectivity index is 1.16. The van der Waals surface area contributed by atoms with Gasteiger partial charge in [-0.1, -0.05) is 60.7 Å². The van der Waals surface area contributed by atoms with Crippen molar-refractivity contribution in [3.8, 4) is 0 Å². The number of hydrogen-bond acceptors (Lipinski definition) is 5. The van der Waals surface area contributed by atoms with Gasteiger partial charge in [0.1, 0.15) is 12.1 Å². The highest BCUT2D eigenvalue weighted by atomic mass is 16.2. The van der Waals surface area contributed by atoms with Crippen LogP contribution in [-0.2, 0) is 16.0 Å². The number of anilines is 1. The Labute approximate surface area is 239 Å². The van der Waals surface area contributed by atoms with E-state index in [0.717, 1.165) is 22.2 Å². The molecule has 1 spiro atoms. The molecule has 3 amide bonds. The third kappa shape index (κ3) is 5.25. The van der Waals surface area contributed by atoms with Crippen molar-refractivity contribution in [2.45, 2.75) is 24.8 Å². The van der Waals surface area contributed by atoms with E-state index in [0.29, 0.717) is 51.1 Å². The standard InChI is InChI=1S/C33H33N5O3/c39-30(35-20-16-26-11-6-7-19-34-26)23-37-24-38(27-12-2-1-3-13-27)33(32(37)41)17-21-36(22-18-33)31(40)29-15-8-10-25-9-4-5-14-28(25)29/h1-15,19H,16-18,20-24H2,(H,35,39). The van der Waals surface area contributed by atoms with Crippen molar-refractivity contribution < 1.29 is 14.4 Å². The quantitative estimate of drug-likeness (QED) is 0.380. The van der Waals surface area contributed by atoms with Gasteiger partial charge in [-0.15, -0.1) is 0 Å². The molecule has 0 atom stereocenters. The third-order valence-corrected chi connectivity index (χ3v) is 8.24. The highest BCUT2D eigenvalue weighted by Crippen LogP contribution is 2.39. The van der Waals surface area contributed by atoms with Crippen LogP contribution in [0.5, 0.6) is 0 Å². The van der Waals surface area contributed by atoms with Crippen LogP contribution in [0.1, 0.15) is 28.9 Å². The number of fused-ring (bicyclic) bond motifs is 1. The van der Waals surface area contributed by atoms with Gasteiger partial charge in [0.2, 0.25) is 5.91 Å². The Bertz CT molecular complexity index is 1550. The largest absolute Gasteiger partial charge is 0.354 e. The fraction of sp³-hybridized carbons (Fsp3) is 0.273. The SMILES string of the molecule is O=C(CN1CN(c2ccccc2)C2(CCN(C(=O)c3cccc4ccccc34)CC2)C1=O)NCCc1ccccn1. The van der Waals surface area contributed by atoms with E-state index in [2.05, 4.69) is 15.2 Å². The number of hydrogen-bond donors (Lipinski definition) is 1. The summed E-state index contributed by atoms with van der Waals surface area (Å²) in [4.78, 5) is 50.4. The maximum atomic E-state index is 14.0. The second kappa shape index (κ2) is 11.4. The lowest BCUT2D eigenvalue weighted by molar-refractivity contribution is -0.137. The summed E-state index contributed by atoms with van der Waals surface area (Å²) in [6.07, 6.45) is 3.35. The van der Waals surface area contributed by atoms with Gasteiger partial charge in [-0.05, 0) is 53.9 Å². The Hall–Kier alpha value is -4.72. The predicted octanol–water partition coefficient (Wildman–Crippen LogP) is 3.87. The molecule has 6 rings (SSSR count). The normalized spacial score (nSPS) is 16.4. The molecular weight excluding hydrogens is 514 g/mol. The van der Waals surface area contributed by atoms with Crippen molar-refractivity contribution >= 4 is 34.2 Å². The number of aromatic nitrogens is 1. The zero-order valence-corrected chi connectivity index (χ0v) is 22.9. The van der Waals surface area contributed by atoms with Crippen LogP contribution in [0.25, 0.3) is 10.8 Å². The van der Waals surface area contributed by atoms with Crippen molar-refractivity contribution in [1.29, 1.82) is 0 Å². The lowest BCUT2D eigenvalue weighted by Gasteiger charge is -2.43. The molecule has 8 heteroatoms. The fourth-order valence-corrected chi connectivity index (χ4v) is 6.09. The average Bonchev–Trinajstić information content (AvgIpc) is 3.28. The molecule has 0 saturated carbocycles. The van der Waals surface area contributed by atoms with Crippen LogP contribution in [0.2, 0.25) is 0 Å². The number of amides is 3. The van der Waals surface area contributed by atoms with Crippen LogP contribution in [0.3, 0.4) is 0 Å². The van der Waals surface area contributed by atoms with Crippen LogP contribution in [0.15, 0.2) is 97.2 Å². The Morgan fingerprint density at radius 3 is 2.37 bits per heavy atom. The van der Waals surface area contributed by atoms with E-state index in [9.17, 15) is 14.4 Å². The monoisotopic (exact) mass is 547 g/mol. The molecule has 2 saturated heterocycles. The molecule has 0 aliphatic carbocycles. The first-order valence-corrected chi connectivity index (χ1v) is 14.1. The highest BCUT2D eigenvalue weighted by molar-refractivity contribution is 6.07. The number of rotatable bonds is 7. The van der Waals surface area contributed by atoms with Crippen LogP contribution in [0.4, 0.5) is 5.69 Å². The van der Waals surface area contributed by atoms with Crippen molar-refractivity contribution in [3.63, 3.8) is 0 Å². The zero-order valence-electron chi connectivity index (χ0n) is 22.9. The lowest BCUT2D eigenvalue weighted by atomic mass is 9.85. The molecule has 2 fully saturated rings. The summed E-state index contributed by atoms with van der Waals surface area (Å²) in [6.45, 7) is 1.69. The second-order valence-corrected chi connectivity index (χ2v) is 10.7. The topological polar surface area (TPSA) is 85.9 Å². The fourth-order valence-electron chi connectivity index (χ4n) is 6.09. The van der Waals surface area contributed by atoms with Gasteiger partial charge in [-0.2, -0.15) is 0 Å². The number of para-hydroxylation sites is 1. The number of nitrogens with one attached hydrogen (secondary N) is 1. The first-order valence-electron chi connectivity index (χ1n) is 14.1. The Morgan fingerprint density at radius 2 is 1.59 bits per heavy atom. The summed E-state index contributed by atoms with van der Waals surface area (Å²) in [7, 11) is 0. The smallest absolute Gasteiger partial charge is 0.254 e. The van der Waals surface area contributed by atoms with Crippen LogP contribution in [-0.4, -0.2) is 70.9 Å². The number of pyridine rings is 1. The van der Waals surface area contributed by atoms with Crippen molar-refractivity contribution in [2.24, 2.45) is 0 Å². The molecule has 41 heavy (non-hydrogen) atoms. The summed E-state index contributed by atoms with van der Waals surface area (Å²) in [5.74, 6) is -0.265. The van der Waals surface area contributed by atoms with E-state index in [4.69, 9.17) is 0 Å². The predicted molar refractivity (Wildman–Crippen MR) is 158 cm³/mol. The number of piperidine rings is 1. The van der Waals surface area contributed by atoms with Crippen LogP contribution < -0.4 is 10.2 Å². The van der Waals surface area contributed by atoms with Gasteiger partial charge in [0.15, 0.2) is 0 Å². The van der Waals surface area contributed by atoms with Gasteiger partial charge in [-0.3, -0.25) is 19.4 Å². The van der Waals surface area contributed by atoms with Crippen molar-refractivity contribution in [2.75, 3.05) is 37.7 Å². The molecule has 4 aromatic rings. The van der Waals surface area contributed by atoms with E-state index in [1.54, 1.807) is 11.1 Å². The zero-order chi connectivity index (χ0) is 28.2. The summed E-state index contributed by atoms with van der Waals surface area (Å²) >= 11 is 0. The summed E-state index contributed by atoms with van der Waals surface area (Å²) < 4.78 is 0. The molecule has 3 heterocycles. The van der Waals surface area contributed by atoms with Crippen molar-refractivity contribution in [1.82, 2.24) is 20.1 Å². The van der Waals surface area contributed by atoms with Gasteiger partial charge >= 0.3 is 0 Å². The first-order chi connectivity index (χ1) is 20.0. The van der Waals surface area contributed by atoms with E-state index in [-0.39, 0.29) is 24.3 Å². The van der Waals surface area contributed by atoms with E-state index < -0.39 is 5.54 Å². The molecule has 0 radical (unpaired) electrons. The van der Waals surface area contributed by atoms with Gasteiger partial charge in [0.25, 0.3) is 11.8 Å². The molecule has 2 aliphatic heterocycles. The third-order valence-electron chi connectivity index (χ3n) is 8.24. The van der Waals surface area contributed by atoms with Crippen LogP contribution in [0, 0.1) is 0 Å². The van der Waals surface area contributed by atoms with Gasteiger partial charge < -0.3 is 20.0 Å². The molecular formula is C33H33N5O3. The molecule has 0 bridgehead atoms. The van der Waals surface area contributed by atoms with Crippen LogP contribution >= 0.6 is 0 Å². The number of benzene rings is 3. The van der Waals surface area contributed by atoms with E-state index >= 15 is 0 Å². The van der Waals surface area contributed by atoms with Gasteiger partial charge in [0, 0.05) is 49.2 Å². The second-order valence-electron chi connectivity index (χ2n) is 10.7. The molecule has 2 aliphatic rings. The molecule has 3 aromatic carbocycles. The molecule has 1 aromatic heterocycles. The number of carbonyl (C=O) groups is 3. The minimum Gasteiger partial charge on any atom is -0.354 e. The molecule has 1 N–H and O–H groups in total. The maximum absolute atomic E-state index is 14.0. The minimum absolute atomic E-state index is 0.00914. The van der Waals surface area contributed by atoms with E-state index in [1.807, 2.05) is 95.9 Å². The lowest BCUT2D eigenvalue weighted by Crippen LogP contribution is -2.57. The number of carbonyl (C=O) groups excluding carboxylic acids is 3. The minimum atomic E-state index is -0.800. The van der Waals surface area contributed by atoms with Crippen molar-refractivity contribution in [3.05, 3.63) is 108 Å². The molecule has 8 nitrogen and oxygen atoms in total. The summed E-state index contributed by atoms with van der Waals surface area (Å²) in [6, 6.07) is 29.3. The molecule has 0 unspecified atom stereocenters. The van der Waals surface area contributed by atoms with E-state index in [1.165, 1.54) is 0 Å². The average molecular weight is 548 g/mol. The first kappa shape index (κ1) is 26.5. The van der Waals surface area contributed by atoms with Gasteiger partial charge in [-0.25, -0.2) is 0 Å². The highest BCUT2D eigenvalue weighted by Gasteiger charge is 2.54. The maximum Gasteiger partial charge on any atom is 0.254 e. The van der Waals surface area contributed by atoms with Gasteiger partial charge in [0.05, 0.1) is 6.67 Å². The number of nitrogens with zero attached hydrogens (tertiary/aromatic N) is 4. The number of likely N-dealkylation sites (tertiary alicyclic amines) is 1.